The van der Waals surface area contributed by atoms with Gasteiger partial charge in [0.15, 0.2) is 0 Å². The van der Waals surface area contributed by atoms with Crippen molar-refractivity contribution >= 4 is 11.7 Å². The summed E-state index contributed by atoms with van der Waals surface area (Å²) in [5, 5.41) is 15.2. The zero-order chi connectivity index (χ0) is 19.1. The molecule has 0 aliphatic carbocycles. The van der Waals surface area contributed by atoms with Gasteiger partial charge in [0.05, 0.1) is 23.8 Å². The van der Waals surface area contributed by atoms with Crippen molar-refractivity contribution in [2.75, 3.05) is 31.5 Å². The molecule has 0 unspecified atom stereocenters. The topological polar surface area (TPSA) is 90.3 Å². The van der Waals surface area contributed by atoms with E-state index >= 15 is 0 Å². The van der Waals surface area contributed by atoms with E-state index in [0.717, 1.165) is 13.1 Å². The number of carbonyl (C=O) groups excluding carboxylic acids is 1. The van der Waals surface area contributed by atoms with Crippen LogP contribution in [0.25, 0.3) is 0 Å². The van der Waals surface area contributed by atoms with Gasteiger partial charge in [-0.25, -0.2) is 4.98 Å². The van der Waals surface area contributed by atoms with Crippen molar-refractivity contribution in [1.82, 2.24) is 15.2 Å². The number of nitrogens with one attached hydrogen (secondary N) is 2. The second kappa shape index (κ2) is 9.51. The molecule has 1 aromatic rings. The molecule has 0 saturated carbocycles. The van der Waals surface area contributed by atoms with Crippen molar-refractivity contribution in [2.45, 2.75) is 45.9 Å². The molecule has 7 nitrogen and oxygen atoms in total. The second-order valence-corrected chi connectivity index (χ2v) is 7.13. The third kappa shape index (κ3) is 5.41. The van der Waals surface area contributed by atoms with Crippen LogP contribution >= 0.6 is 0 Å². The number of nitriles is 1. The van der Waals surface area contributed by atoms with Crippen molar-refractivity contribution in [3.63, 3.8) is 0 Å². The summed E-state index contributed by atoms with van der Waals surface area (Å²) in [5.41, 5.74) is 0.496. The Morgan fingerprint density at radius 1 is 1.38 bits per heavy atom. The van der Waals surface area contributed by atoms with Gasteiger partial charge in [-0.05, 0) is 31.9 Å². The van der Waals surface area contributed by atoms with E-state index in [0.29, 0.717) is 24.5 Å². The van der Waals surface area contributed by atoms with E-state index in [9.17, 15) is 4.79 Å². The zero-order valence-electron chi connectivity index (χ0n) is 16.0. The van der Waals surface area contributed by atoms with Crippen LogP contribution in [0.1, 0.15) is 33.3 Å². The minimum atomic E-state index is -0.173. The normalized spacial score (nSPS) is 21.8. The summed E-state index contributed by atoms with van der Waals surface area (Å²) < 4.78 is 5.78. The number of rotatable bonds is 7. The van der Waals surface area contributed by atoms with Gasteiger partial charge < -0.3 is 15.4 Å². The number of hydrogen-bond donors (Lipinski definition) is 2. The van der Waals surface area contributed by atoms with Crippen LogP contribution in [-0.2, 0) is 9.53 Å². The molecule has 2 rings (SSSR count). The van der Waals surface area contributed by atoms with Crippen molar-refractivity contribution in [3.8, 4) is 6.07 Å². The molecule has 3 atom stereocenters. The van der Waals surface area contributed by atoms with Crippen LogP contribution in [0.2, 0.25) is 0 Å². The number of nitrogens with zero attached hydrogens (tertiary/aromatic N) is 3. The highest BCUT2D eigenvalue weighted by Gasteiger charge is 2.33. The van der Waals surface area contributed by atoms with Crippen LogP contribution in [-0.4, -0.2) is 60.2 Å². The Morgan fingerprint density at radius 3 is 2.69 bits per heavy atom. The molecule has 2 N–H and O–H groups in total. The van der Waals surface area contributed by atoms with E-state index in [-0.39, 0.29) is 30.1 Å². The Kier molecular flexibility index (Phi) is 7.37. The predicted molar refractivity (Wildman–Crippen MR) is 101 cm³/mol. The number of ether oxygens (including phenoxy) is 1. The summed E-state index contributed by atoms with van der Waals surface area (Å²) in [6.45, 7) is 10.7. The van der Waals surface area contributed by atoms with Gasteiger partial charge >= 0.3 is 0 Å². The Labute approximate surface area is 155 Å². The molecule has 0 radical (unpaired) electrons. The quantitative estimate of drug-likeness (QED) is 0.719. The minimum absolute atomic E-state index is 0.0321. The molecule has 0 aromatic carbocycles. The smallest absolute Gasteiger partial charge is 0.237 e. The molecular weight excluding hydrogens is 330 g/mol. The van der Waals surface area contributed by atoms with Gasteiger partial charge in [-0.1, -0.05) is 13.8 Å². The lowest BCUT2D eigenvalue weighted by Gasteiger charge is -2.41. The SMILES string of the molecule is CC(C)[C@H](C(=O)NCCNc1ncccc1C#N)N1C[C@@H](C)O[C@H](C)C1. The second-order valence-electron chi connectivity index (χ2n) is 7.13. The summed E-state index contributed by atoms with van der Waals surface area (Å²) in [7, 11) is 0. The van der Waals surface area contributed by atoms with Crippen molar-refractivity contribution in [1.29, 1.82) is 5.26 Å². The minimum Gasteiger partial charge on any atom is -0.373 e. The summed E-state index contributed by atoms with van der Waals surface area (Å²) in [4.78, 5) is 19.1. The number of morpholine rings is 1. The number of pyridine rings is 1. The molecule has 1 amide bonds. The average Bonchev–Trinajstić information content (AvgIpc) is 2.58. The standard InChI is InChI=1S/C19H29N5O2/c1-13(2)17(24-11-14(3)26-15(4)12-24)19(25)23-9-8-22-18-16(10-20)6-5-7-21-18/h5-7,13-15,17H,8-9,11-12H2,1-4H3,(H,21,22)(H,23,25)/t14-,15-,17-/m1/s1. The van der Waals surface area contributed by atoms with Crippen LogP contribution in [0.5, 0.6) is 0 Å². The van der Waals surface area contributed by atoms with E-state index in [2.05, 4.69) is 40.4 Å². The number of amides is 1. The van der Waals surface area contributed by atoms with Crippen LogP contribution in [0.3, 0.4) is 0 Å². The fraction of sp³-hybridized carbons (Fsp3) is 0.632. The molecule has 26 heavy (non-hydrogen) atoms. The van der Waals surface area contributed by atoms with Crippen molar-refractivity contribution < 1.29 is 9.53 Å². The lowest BCUT2D eigenvalue weighted by atomic mass is 9.99. The molecule has 1 aromatic heterocycles. The first-order chi connectivity index (χ1) is 12.4. The Hall–Kier alpha value is -2.17. The highest BCUT2D eigenvalue weighted by atomic mass is 16.5. The van der Waals surface area contributed by atoms with Crippen LogP contribution in [0, 0.1) is 17.2 Å². The predicted octanol–water partition coefficient (Wildman–Crippen LogP) is 1.62. The molecule has 0 spiro atoms. The van der Waals surface area contributed by atoms with Gasteiger partial charge in [-0.2, -0.15) is 5.26 Å². The van der Waals surface area contributed by atoms with E-state index in [1.807, 2.05) is 13.8 Å². The molecule has 142 valence electrons. The lowest BCUT2D eigenvalue weighted by molar-refractivity contribution is -0.135. The molecule has 0 bridgehead atoms. The van der Waals surface area contributed by atoms with Crippen molar-refractivity contribution in [2.24, 2.45) is 5.92 Å². The molecule has 2 heterocycles. The van der Waals surface area contributed by atoms with Gasteiger partial charge in [-0.3, -0.25) is 9.69 Å². The molecule has 1 aliphatic rings. The summed E-state index contributed by atoms with van der Waals surface area (Å²) in [6, 6.07) is 5.36. The first kappa shape index (κ1) is 20.1. The van der Waals surface area contributed by atoms with Gasteiger partial charge in [-0.15, -0.1) is 0 Å². The molecule has 7 heteroatoms. The largest absolute Gasteiger partial charge is 0.373 e. The van der Waals surface area contributed by atoms with Gasteiger partial charge in [0.1, 0.15) is 11.9 Å². The summed E-state index contributed by atoms with van der Waals surface area (Å²) in [6.07, 6.45) is 1.89. The highest BCUT2D eigenvalue weighted by Crippen LogP contribution is 2.18. The number of hydrogen-bond acceptors (Lipinski definition) is 6. The van der Waals surface area contributed by atoms with E-state index in [1.165, 1.54) is 0 Å². The average molecular weight is 359 g/mol. The first-order valence-electron chi connectivity index (χ1n) is 9.18. The number of carbonyl (C=O) groups is 1. The first-order valence-corrected chi connectivity index (χ1v) is 9.18. The fourth-order valence-electron chi connectivity index (χ4n) is 3.44. The third-order valence-electron chi connectivity index (χ3n) is 4.39. The van der Waals surface area contributed by atoms with E-state index < -0.39 is 0 Å². The maximum atomic E-state index is 12.7. The maximum Gasteiger partial charge on any atom is 0.237 e. The van der Waals surface area contributed by atoms with Crippen LogP contribution in [0.4, 0.5) is 5.82 Å². The Balaban J connectivity index is 1.87. The van der Waals surface area contributed by atoms with Gasteiger partial charge in [0, 0.05) is 32.4 Å². The van der Waals surface area contributed by atoms with Gasteiger partial charge in [0.25, 0.3) is 0 Å². The zero-order valence-corrected chi connectivity index (χ0v) is 16.0. The van der Waals surface area contributed by atoms with Crippen molar-refractivity contribution in [3.05, 3.63) is 23.9 Å². The number of anilines is 1. The van der Waals surface area contributed by atoms with Gasteiger partial charge in [0.2, 0.25) is 5.91 Å². The van der Waals surface area contributed by atoms with E-state index in [1.54, 1.807) is 18.3 Å². The Bertz CT molecular complexity index is 633. The summed E-state index contributed by atoms with van der Waals surface area (Å²) >= 11 is 0. The highest BCUT2D eigenvalue weighted by molar-refractivity contribution is 5.82. The Morgan fingerprint density at radius 2 is 2.08 bits per heavy atom. The lowest BCUT2D eigenvalue weighted by Crippen LogP contribution is -2.57. The van der Waals surface area contributed by atoms with Crippen LogP contribution < -0.4 is 10.6 Å². The molecule has 1 saturated heterocycles. The molecule has 1 aliphatic heterocycles. The van der Waals surface area contributed by atoms with Crippen LogP contribution in [0.15, 0.2) is 18.3 Å². The monoisotopic (exact) mass is 359 g/mol. The van der Waals surface area contributed by atoms with E-state index in [4.69, 9.17) is 10.00 Å². The third-order valence-corrected chi connectivity index (χ3v) is 4.39. The number of aromatic nitrogens is 1. The molecular formula is C19H29N5O2. The fourth-order valence-corrected chi connectivity index (χ4v) is 3.44. The molecule has 1 fully saturated rings. The summed E-state index contributed by atoms with van der Waals surface area (Å²) in [5.74, 6) is 0.784. The maximum absolute atomic E-state index is 12.7.